The van der Waals surface area contributed by atoms with Crippen molar-refractivity contribution in [3.8, 4) is 6.07 Å². The fraction of sp³-hybridized carbons (Fsp3) is 0.455. The molecule has 92 valence electrons. The van der Waals surface area contributed by atoms with Crippen LogP contribution in [0.1, 0.15) is 19.4 Å². The predicted molar refractivity (Wildman–Crippen MR) is 65.2 cm³/mol. The van der Waals surface area contributed by atoms with Gasteiger partial charge < -0.3 is 11.1 Å². The average Bonchev–Trinajstić information content (AvgIpc) is 2.29. The maximum absolute atomic E-state index is 13.6. The van der Waals surface area contributed by atoms with E-state index in [4.69, 9.17) is 22.6 Å². The minimum Gasteiger partial charge on any atom is -0.363 e. The third kappa shape index (κ3) is 3.29. The summed E-state index contributed by atoms with van der Waals surface area (Å²) < 4.78 is 13.6. The molecule has 3 N–H and O–H groups in total. The molecule has 0 aliphatic carbocycles. The molecule has 4 nitrogen and oxygen atoms in total. The van der Waals surface area contributed by atoms with E-state index in [0.29, 0.717) is 6.54 Å². The number of hydrogen-bond acceptors (Lipinski definition) is 4. The molecule has 1 unspecified atom stereocenters. The molecule has 17 heavy (non-hydrogen) atoms. The van der Waals surface area contributed by atoms with E-state index in [9.17, 15) is 4.39 Å². The highest BCUT2D eigenvalue weighted by atomic mass is 35.5. The highest BCUT2D eigenvalue weighted by Crippen LogP contribution is 2.21. The van der Waals surface area contributed by atoms with Gasteiger partial charge in [0.1, 0.15) is 11.2 Å². The number of halogens is 2. The normalized spacial score (nSPS) is 12.3. The van der Waals surface area contributed by atoms with Crippen LogP contribution in [0.5, 0.6) is 0 Å². The molecule has 1 rings (SSSR count). The van der Waals surface area contributed by atoms with Gasteiger partial charge in [0.2, 0.25) is 0 Å². The first-order valence-corrected chi connectivity index (χ1v) is 5.60. The van der Waals surface area contributed by atoms with Crippen LogP contribution in [-0.2, 0) is 0 Å². The summed E-state index contributed by atoms with van der Waals surface area (Å²) in [6.45, 7) is 4.29. The van der Waals surface area contributed by atoms with Gasteiger partial charge in [0.05, 0.1) is 5.56 Å². The molecule has 0 aliphatic heterocycles. The Balaban J connectivity index is 3.00. The molecular formula is C11H14ClFN4. The second-order valence-electron chi connectivity index (χ2n) is 4.00. The van der Waals surface area contributed by atoms with E-state index < -0.39 is 5.82 Å². The number of pyridine rings is 1. The first-order valence-electron chi connectivity index (χ1n) is 5.22. The zero-order chi connectivity index (χ0) is 13.0. The van der Waals surface area contributed by atoms with E-state index in [-0.39, 0.29) is 28.5 Å². The molecule has 0 fully saturated rings. The molecule has 1 aromatic heterocycles. The quantitative estimate of drug-likeness (QED) is 0.810. The van der Waals surface area contributed by atoms with E-state index in [1.807, 2.05) is 13.8 Å². The number of nitrogens with two attached hydrogens (primary N) is 1. The lowest BCUT2D eigenvalue weighted by atomic mass is 10.0. The van der Waals surface area contributed by atoms with E-state index in [1.54, 1.807) is 6.07 Å². The monoisotopic (exact) mass is 256 g/mol. The summed E-state index contributed by atoms with van der Waals surface area (Å²) in [4.78, 5) is 3.81. The van der Waals surface area contributed by atoms with Crippen LogP contribution < -0.4 is 11.1 Å². The third-order valence-corrected chi connectivity index (χ3v) is 2.72. The van der Waals surface area contributed by atoms with Crippen LogP contribution in [0.15, 0.2) is 6.07 Å². The Kier molecular flexibility index (Phi) is 4.67. The molecule has 6 heteroatoms. The number of nitrogens with one attached hydrogen (secondary N) is 1. The van der Waals surface area contributed by atoms with Crippen molar-refractivity contribution in [1.82, 2.24) is 4.98 Å². The average molecular weight is 257 g/mol. The number of rotatable bonds is 4. The van der Waals surface area contributed by atoms with Gasteiger partial charge in [-0.3, -0.25) is 0 Å². The van der Waals surface area contributed by atoms with Crippen molar-refractivity contribution in [2.75, 3.05) is 11.9 Å². The van der Waals surface area contributed by atoms with Gasteiger partial charge in [-0.15, -0.1) is 0 Å². The first-order chi connectivity index (χ1) is 7.99. The smallest absolute Gasteiger partial charge is 0.166 e. The summed E-state index contributed by atoms with van der Waals surface area (Å²) in [5.41, 5.74) is 5.58. The van der Waals surface area contributed by atoms with Gasteiger partial charge in [0, 0.05) is 12.6 Å². The summed E-state index contributed by atoms with van der Waals surface area (Å²) in [5, 5.41) is 11.5. The molecule has 1 atom stereocenters. The molecule has 0 saturated heterocycles. The van der Waals surface area contributed by atoms with Gasteiger partial charge in [0.15, 0.2) is 11.6 Å². The van der Waals surface area contributed by atoms with E-state index in [1.165, 1.54) is 0 Å². The Bertz CT molecular complexity index is 442. The van der Waals surface area contributed by atoms with Crippen LogP contribution in [0.2, 0.25) is 5.15 Å². The number of anilines is 1. The predicted octanol–water partition coefficient (Wildman–Crippen LogP) is 2.14. The minimum atomic E-state index is -0.606. The van der Waals surface area contributed by atoms with Gasteiger partial charge >= 0.3 is 0 Å². The standard InChI is InChI=1S/C11H14ClFN4/c1-6(2)9(5-15)16-11-8(13)3-7(4-14)10(12)17-11/h3,6,9H,5,15H2,1-2H3,(H,16,17). The fourth-order valence-electron chi connectivity index (χ4n) is 1.32. The Labute approximate surface area is 105 Å². The van der Waals surface area contributed by atoms with Crippen LogP contribution >= 0.6 is 11.6 Å². The van der Waals surface area contributed by atoms with E-state index in [2.05, 4.69) is 10.3 Å². The fourth-order valence-corrected chi connectivity index (χ4v) is 1.50. The van der Waals surface area contributed by atoms with Crippen LogP contribution in [0.25, 0.3) is 0 Å². The van der Waals surface area contributed by atoms with Crippen LogP contribution in [-0.4, -0.2) is 17.6 Å². The highest BCUT2D eigenvalue weighted by molar-refractivity contribution is 6.30. The summed E-state index contributed by atoms with van der Waals surface area (Å²) in [6, 6.07) is 2.73. The number of aromatic nitrogens is 1. The molecule has 1 aromatic rings. The van der Waals surface area contributed by atoms with Crippen molar-refractivity contribution in [2.45, 2.75) is 19.9 Å². The van der Waals surface area contributed by atoms with Crippen LogP contribution in [0.3, 0.4) is 0 Å². The Morgan fingerprint density at radius 2 is 2.29 bits per heavy atom. The van der Waals surface area contributed by atoms with Crippen molar-refractivity contribution in [3.05, 3.63) is 22.6 Å². The molecule has 1 heterocycles. The molecule has 0 bridgehead atoms. The summed E-state index contributed by atoms with van der Waals surface area (Å²) >= 11 is 5.74. The van der Waals surface area contributed by atoms with Crippen molar-refractivity contribution >= 4 is 17.4 Å². The molecule has 0 spiro atoms. The van der Waals surface area contributed by atoms with Crippen LogP contribution in [0, 0.1) is 23.1 Å². The lowest BCUT2D eigenvalue weighted by Crippen LogP contribution is -2.34. The molecule has 0 saturated carbocycles. The number of nitrogens with zero attached hydrogens (tertiary/aromatic N) is 2. The first kappa shape index (κ1) is 13.7. The van der Waals surface area contributed by atoms with Gasteiger partial charge in [-0.1, -0.05) is 25.4 Å². The molecule has 0 aliphatic rings. The van der Waals surface area contributed by atoms with Crippen molar-refractivity contribution in [2.24, 2.45) is 11.7 Å². The topological polar surface area (TPSA) is 74.7 Å². The van der Waals surface area contributed by atoms with Gasteiger partial charge in [-0.2, -0.15) is 5.26 Å². The van der Waals surface area contributed by atoms with Crippen LogP contribution in [0.4, 0.5) is 10.2 Å². The third-order valence-electron chi connectivity index (χ3n) is 2.43. The summed E-state index contributed by atoms with van der Waals surface area (Å²) in [6.07, 6.45) is 0. The second-order valence-corrected chi connectivity index (χ2v) is 4.36. The Morgan fingerprint density at radius 3 is 2.76 bits per heavy atom. The molecule has 0 amide bonds. The van der Waals surface area contributed by atoms with Crippen molar-refractivity contribution < 1.29 is 4.39 Å². The SMILES string of the molecule is CC(C)C(CN)Nc1nc(Cl)c(C#N)cc1F. The van der Waals surface area contributed by atoms with Gasteiger partial charge in [-0.05, 0) is 12.0 Å². The number of nitriles is 1. The molecular weight excluding hydrogens is 243 g/mol. The molecule has 0 aromatic carbocycles. The molecule has 0 radical (unpaired) electrons. The zero-order valence-electron chi connectivity index (χ0n) is 9.67. The number of hydrogen-bond donors (Lipinski definition) is 2. The van der Waals surface area contributed by atoms with Crippen molar-refractivity contribution in [1.29, 1.82) is 5.26 Å². The minimum absolute atomic E-state index is 0.0172. The summed E-state index contributed by atoms with van der Waals surface area (Å²) in [5.74, 6) is -0.348. The lowest BCUT2D eigenvalue weighted by Gasteiger charge is -2.21. The van der Waals surface area contributed by atoms with E-state index in [0.717, 1.165) is 6.07 Å². The second kappa shape index (κ2) is 5.80. The summed E-state index contributed by atoms with van der Waals surface area (Å²) in [7, 11) is 0. The maximum atomic E-state index is 13.6. The largest absolute Gasteiger partial charge is 0.363 e. The zero-order valence-corrected chi connectivity index (χ0v) is 10.4. The van der Waals surface area contributed by atoms with Gasteiger partial charge in [0.25, 0.3) is 0 Å². The van der Waals surface area contributed by atoms with Crippen molar-refractivity contribution in [3.63, 3.8) is 0 Å². The Hall–Kier alpha value is -1.38. The van der Waals surface area contributed by atoms with E-state index >= 15 is 0 Å². The lowest BCUT2D eigenvalue weighted by molar-refractivity contribution is 0.523. The van der Waals surface area contributed by atoms with Gasteiger partial charge in [-0.25, -0.2) is 9.37 Å². The maximum Gasteiger partial charge on any atom is 0.166 e. The highest BCUT2D eigenvalue weighted by Gasteiger charge is 2.16. The Morgan fingerprint density at radius 1 is 1.65 bits per heavy atom.